The van der Waals surface area contributed by atoms with Crippen LogP contribution in [0, 0.1) is 0 Å². The molecule has 0 radical (unpaired) electrons. The van der Waals surface area contributed by atoms with E-state index >= 15 is 0 Å². The van der Waals surface area contributed by atoms with Crippen molar-refractivity contribution in [1.29, 1.82) is 0 Å². The molecule has 17 heavy (non-hydrogen) atoms. The van der Waals surface area contributed by atoms with Gasteiger partial charge in [-0.3, -0.25) is 4.52 Å². The molecule has 1 rings (SSSR count). The highest BCUT2D eigenvalue weighted by molar-refractivity contribution is 7.46. The average molecular weight is 262 g/mol. The average Bonchev–Trinajstić information content (AvgIpc) is 2.24. The number of phosphoric acid groups is 1. The van der Waals surface area contributed by atoms with Gasteiger partial charge in [0.15, 0.2) is 0 Å². The van der Waals surface area contributed by atoms with Crippen molar-refractivity contribution in [2.75, 3.05) is 12.4 Å². The lowest BCUT2D eigenvalue weighted by molar-refractivity contribution is 0.0696. The van der Waals surface area contributed by atoms with Crippen LogP contribution in [-0.2, 0) is 15.7 Å². The summed E-state index contributed by atoms with van der Waals surface area (Å²) in [6.45, 7) is -0.436. The first-order valence-corrected chi connectivity index (χ1v) is 5.96. The summed E-state index contributed by atoms with van der Waals surface area (Å²) in [7, 11) is -3.06. The van der Waals surface area contributed by atoms with E-state index in [1.54, 1.807) is 7.05 Å². The van der Waals surface area contributed by atoms with E-state index in [0.717, 1.165) is 6.20 Å². The first-order chi connectivity index (χ1) is 7.83. The number of carboxylic acids is 1. The first kappa shape index (κ1) is 13.6. The van der Waals surface area contributed by atoms with E-state index in [1.807, 2.05) is 0 Å². The third-order valence-corrected chi connectivity index (χ3v) is 2.30. The molecular weight excluding hydrogens is 251 g/mol. The zero-order chi connectivity index (χ0) is 13.1. The second-order valence-electron chi connectivity index (χ2n) is 3.05. The Bertz CT molecular complexity index is 471. The van der Waals surface area contributed by atoms with Gasteiger partial charge in [0.25, 0.3) is 0 Å². The molecule has 0 aliphatic carbocycles. The SMILES string of the molecule is CNc1ncc(C(=O)O)cc1COP(=O)(O)O. The Balaban J connectivity index is 2.98. The van der Waals surface area contributed by atoms with Crippen molar-refractivity contribution in [2.45, 2.75) is 6.61 Å². The zero-order valence-electron chi connectivity index (χ0n) is 8.82. The van der Waals surface area contributed by atoms with Crippen LogP contribution < -0.4 is 5.32 Å². The summed E-state index contributed by atoms with van der Waals surface area (Å²) in [5.74, 6) is -0.888. The van der Waals surface area contributed by atoms with E-state index in [4.69, 9.17) is 14.9 Å². The Morgan fingerprint density at radius 1 is 1.59 bits per heavy atom. The lowest BCUT2D eigenvalue weighted by Gasteiger charge is -2.10. The topological polar surface area (TPSA) is 129 Å². The Kier molecular flexibility index (Phi) is 4.19. The van der Waals surface area contributed by atoms with Crippen LogP contribution in [0.25, 0.3) is 0 Å². The van der Waals surface area contributed by atoms with Crippen LogP contribution in [0.1, 0.15) is 15.9 Å². The van der Waals surface area contributed by atoms with Crippen LogP contribution in [0.2, 0.25) is 0 Å². The quantitative estimate of drug-likeness (QED) is 0.562. The van der Waals surface area contributed by atoms with Crippen molar-refractivity contribution in [3.8, 4) is 0 Å². The van der Waals surface area contributed by atoms with E-state index in [-0.39, 0.29) is 11.1 Å². The maximum atomic E-state index is 10.7. The van der Waals surface area contributed by atoms with Crippen molar-refractivity contribution in [1.82, 2.24) is 4.98 Å². The molecule has 0 bridgehead atoms. The van der Waals surface area contributed by atoms with Gasteiger partial charge in [-0.2, -0.15) is 0 Å². The summed E-state index contributed by atoms with van der Waals surface area (Å²) < 4.78 is 14.8. The summed E-state index contributed by atoms with van der Waals surface area (Å²) in [4.78, 5) is 31.6. The number of carbonyl (C=O) groups is 1. The monoisotopic (exact) mass is 262 g/mol. The summed E-state index contributed by atoms with van der Waals surface area (Å²) in [6, 6.07) is 1.23. The Morgan fingerprint density at radius 3 is 2.71 bits per heavy atom. The molecule has 0 aromatic carbocycles. The number of rotatable bonds is 5. The number of carboxylic acid groups (broad SMARTS) is 1. The molecule has 94 valence electrons. The number of anilines is 1. The standard InChI is InChI=1S/C8H11N2O6P/c1-9-7-6(4-16-17(13,14)15)2-5(3-10-7)8(11)12/h2-3H,4H2,1H3,(H,9,10)(H,11,12)(H2,13,14,15). The zero-order valence-corrected chi connectivity index (χ0v) is 9.72. The number of hydrogen-bond donors (Lipinski definition) is 4. The highest BCUT2D eigenvalue weighted by Crippen LogP contribution is 2.37. The lowest BCUT2D eigenvalue weighted by atomic mass is 10.2. The van der Waals surface area contributed by atoms with E-state index < -0.39 is 20.4 Å². The molecule has 0 saturated carbocycles. The summed E-state index contributed by atoms with van der Waals surface area (Å²) in [5.41, 5.74) is 0.157. The third kappa shape index (κ3) is 4.12. The molecule has 0 unspecified atom stereocenters. The second kappa shape index (κ2) is 5.24. The minimum absolute atomic E-state index is 0.0895. The van der Waals surface area contributed by atoms with Crippen molar-refractivity contribution in [3.63, 3.8) is 0 Å². The minimum atomic E-state index is -4.60. The smallest absolute Gasteiger partial charge is 0.469 e. The van der Waals surface area contributed by atoms with E-state index in [0.29, 0.717) is 5.82 Å². The molecular formula is C8H11N2O6P. The predicted octanol–water partition coefficient (Wildman–Crippen LogP) is 0.431. The number of nitrogens with zero attached hydrogens (tertiary/aromatic N) is 1. The van der Waals surface area contributed by atoms with E-state index in [1.165, 1.54) is 6.07 Å². The Labute approximate surface area is 96.5 Å². The van der Waals surface area contributed by atoms with Gasteiger partial charge in [0, 0.05) is 18.8 Å². The number of pyridine rings is 1. The van der Waals surface area contributed by atoms with Gasteiger partial charge in [0.2, 0.25) is 0 Å². The van der Waals surface area contributed by atoms with E-state index in [2.05, 4.69) is 14.8 Å². The highest BCUT2D eigenvalue weighted by atomic mass is 31.2. The molecule has 0 amide bonds. The van der Waals surface area contributed by atoms with Crippen LogP contribution in [0.4, 0.5) is 5.82 Å². The van der Waals surface area contributed by atoms with Crippen molar-refractivity contribution in [2.24, 2.45) is 0 Å². The fourth-order valence-corrected chi connectivity index (χ4v) is 1.42. The molecule has 4 N–H and O–H groups in total. The summed E-state index contributed by atoms with van der Waals surface area (Å²) >= 11 is 0. The van der Waals surface area contributed by atoms with Crippen molar-refractivity contribution < 1.29 is 28.8 Å². The highest BCUT2D eigenvalue weighted by Gasteiger charge is 2.16. The van der Waals surface area contributed by atoms with Gasteiger partial charge < -0.3 is 20.2 Å². The minimum Gasteiger partial charge on any atom is -0.478 e. The third-order valence-electron chi connectivity index (χ3n) is 1.84. The first-order valence-electron chi connectivity index (χ1n) is 4.43. The van der Waals surface area contributed by atoms with Crippen molar-refractivity contribution >= 4 is 19.6 Å². The van der Waals surface area contributed by atoms with Crippen LogP contribution >= 0.6 is 7.82 Å². The van der Waals surface area contributed by atoms with Gasteiger partial charge in [0.1, 0.15) is 5.82 Å². The molecule has 9 heteroatoms. The molecule has 0 spiro atoms. The van der Waals surface area contributed by atoms with Gasteiger partial charge in [-0.1, -0.05) is 0 Å². The lowest BCUT2D eigenvalue weighted by Crippen LogP contribution is -2.05. The largest absolute Gasteiger partial charge is 0.478 e. The fraction of sp³-hybridized carbons (Fsp3) is 0.250. The molecule has 1 aromatic heterocycles. The second-order valence-corrected chi connectivity index (χ2v) is 4.29. The fourth-order valence-electron chi connectivity index (χ4n) is 1.12. The molecule has 1 aromatic rings. The molecule has 0 aliphatic heterocycles. The van der Waals surface area contributed by atoms with Crippen LogP contribution in [0.15, 0.2) is 12.3 Å². The molecule has 0 saturated heterocycles. The van der Waals surface area contributed by atoms with Crippen LogP contribution in [0.5, 0.6) is 0 Å². The number of aromatic carboxylic acids is 1. The number of phosphoric ester groups is 1. The number of nitrogens with one attached hydrogen (secondary N) is 1. The molecule has 0 fully saturated rings. The van der Waals surface area contributed by atoms with Gasteiger partial charge in [-0.15, -0.1) is 0 Å². The molecule has 8 nitrogen and oxygen atoms in total. The van der Waals surface area contributed by atoms with Crippen LogP contribution in [0.3, 0.4) is 0 Å². The van der Waals surface area contributed by atoms with Gasteiger partial charge >= 0.3 is 13.8 Å². The van der Waals surface area contributed by atoms with E-state index in [9.17, 15) is 9.36 Å². The summed E-state index contributed by atoms with van der Waals surface area (Å²) in [5, 5.41) is 11.4. The number of aromatic nitrogens is 1. The maximum absolute atomic E-state index is 10.7. The molecule has 0 atom stereocenters. The Morgan fingerprint density at radius 2 is 2.24 bits per heavy atom. The predicted molar refractivity (Wildman–Crippen MR) is 57.6 cm³/mol. The molecule has 0 aliphatic rings. The van der Waals surface area contributed by atoms with Crippen molar-refractivity contribution in [3.05, 3.63) is 23.4 Å². The normalized spacial score (nSPS) is 11.2. The van der Waals surface area contributed by atoms with Gasteiger partial charge in [-0.25, -0.2) is 14.3 Å². The summed E-state index contributed by atoms with van der Waals surface area (Å²) in [6.07, 6.45) is 1.13. The van der Waals surface area contributed by atoms with Gasteiger partial charge in [-0.05, 0) is 6.07 Å². The van der Waals surface area contributed by atoms with Gasteiger partial charge in [0.05, 0.1) is 12.2 Å². The van der Waals surface area contributed by atoms with Crippen LogP contribution in [-0.4, -0.2) is 32.9 Å². The maximum Gasteiger partial charge on any atom is 0.469 e. The molecule has 1 heterocycles. The number of hydrogen-bond acceptors (Lipinski definition) is 5. The Hall–Kier alpha value is -1.47.